The predicted octanol–water partition coefficient (Wildman–Crippen LogP) is 3.09. The first-order valence-electron chi connectivity index (χ1n) is 6.70. The molecule has 0 spiro atoms. The molecule has 0 saturated carbocycles. The standard InChI is InChI=1S/C17H13N3O/c18-12-15-17(21)11-16(13-7-3-1-4-8-13)20(19-15)14-9-5-2-6-10-14/h1-10,16H,11H2/t16-/m1/s1. The maximum Gasteiger partial charge on any atom is 0.203 e. The molecule has 21 heavy (non-hydrogen) atoms. The lowest BCUT2D eigenvalue weighted by Gasteiger charge is -2.32. The number of carbonyl (C=O) groups excluding carboxylic acids is 1. The Labute approximate surface area is 122 Å². The lowest BCUT2D eigenvalue weighted by molar-refractivity contribution is -0.113. The van der Waals surface area contributed by atoms with Gasteiger partial charge in [-0.15, -0.1) is 0 Å². The summed E-state index contributed by atoms with van der Waals surface area (Å²) >= 11 is 0. The van der Waals surface area contributed by atoms with Gasteiger partial charge in [-0.3, -0.25) is 9.80 Å². The smallest absolute Gasteiger partial charge is 0.203 e. The van der Waals surface area contributed by atoms with Crippen molar-refractivity contribution in [2.45, 2.75) is 12.5 Å². The number of hydrazone groups is 1. The number of benzene rings is 2. The van der Waals surface area contributed by atoms with Crippen LogP contribution in [0.25, 0.3) is 0 Å². The minimum Gasteiger partial charge on any atom is -0.291 e. The molecule has 2 aromatic carbocycles. The van der Waals surface area contributed by atoms with Gasteiger partial charge in [-0.25, -0.2) is 0 Å². The van der Waals surface area contributed by atoms with E-state index in [4.69, 9.17) is 5.26 Å². The van der Waals surface area contributed by atoms with E-state index in [1.54, 1.807) is 5.01 Å². The summed E-state index contributed by atoms with van der Waals surface area (Å²) in [5, 5.41) is 15.1. The van der Waals surface area contributed by atoms with E-state index in [1.165, 1.54) is 0 Å². The maximum atomic E-state index is 12.0. The largest absolute Gasteiger partial charge is 0.291 e. The van der Waals surface area contributed by atoms with Gasteiger partial charge in [0.2, 0.25) is 5.71 Å². The summed E-state index contributed by atoms with van der Waals surface area (Å²) in [7, 11) is 0. The zero-order valence-electron chi connectivity index (χ0n) is 11.3. The number of nitrogens with zero attached hydrogens (tertiary/aromatic N) is 3. The average Bonchev–Trinajstić information content (AvgIpc) is 2.56. The Morgan fingerprint density at radius 3 is 2.29 bits per heavy atom. The molecule has 0 unspecified atom stereocenters. The molecule has 102 valence electrons. The van der Waals surface area contributed by atoms with Gasteiger partial charge in [0.25, 0.3) is 0 Å². The fourth-order valence-electron chi connectivity index (χ4n) is 2.43. The normalized spacial score (nSPS) is 18.0. The third-order valence-corrected chi connectivity index (χ3v) is 3.46. The van der Waals surface area contributed by atoms with Crippen LogP contribution >= 0.6 is 0 Å². The molecule has 0 N–H and O–H groups in total. The molecule has 4 nitrogen and oxygen atoms in total. The number of carbonyl (C=O) groups is 1. The summed E-state index contributed by atoms with van der Waals surface area (Å²) in [5.74, 6) is -0.210. The zero-order valence-corrected chi connectivity index (χ0v) is 11.3. The Morgan fingerprint density at radius 2 is 1.67 bits per heavy atom. The molecule has 0 saturated heterocycles. The number of para-hydroxylation sites is 1. The summed E-state index contributed by atoms with van der Waals surface area (Å²) in [6, 6.07) is 21.0. The van der Waals surface area contributed by atoms with E-state index in [1.807, 2.05) is 66.7 Å². The summed E-state index contributed by atoms with van der Waals surface area (Å²) in [6.07, 6.45) is 0.255. The Balaban J connectivity index is 2.08. The van der Waals surface area contributed by atoms with Crippen LogP contribution in [0.4, 0.5) is 5.69 Å². The quantitative estimate of drug-likeness (QED) is 0.846. The number of ketones is 1. The third-order valence-electron chi connectivity index (χ3n) is 3.46. The molecule has 0 bridgehead atoms. The second-order valence-corrected chi connectivity index (χ2v) is 4.79. The van der Waals surface area contributed by atoms with Crippen molar-refractivity contribution in [3.8, 4) is 6.07 Å². The lowest BCUT2D eigenvalue weighted by Crippen LogP contribution is -2.34. The first-order valence-corrected chi connectivity index (χ1v) is 6.70. The third kappa shape index (κ3) is 2.54. The van der Waals surface area contributed by atoms with Gasteiger partial charge in [-0.05, 0) is 17.7 Å². The van der Waals surface area contributed by atoms with Crippen LogP contribution in [0.15, 0.2) is 65.8 Å². The molecule has 1 aliphatic rings. The minimum absolute atomic E-state index is 0.0361. The highest BCUT2D eigenvalue weighted by atomic mass is 16.1. The number of anilines is 1. The minimum atomic E-state index is -0.210. The van der Waals surface area contributed by atoms with Crippen LogP contribution in [0.3, 0.4) is 0 Å². The molecule has 0 amide bonds. The molecule has 2 aromatic rings. The molecule has 0 radical (unpaired) electrons. The van der Waals surface area contributed by atoms with Crippen molar-refractivity contribution in [2.75, 3.05) is 5.01 Å². The SMILES string of the molecule is N#CC1=NN(c2ccccc2)[C@@H](c2ccccc2)CC1=O. The van der Waals surface area contributed by atoms with E-state index >= 15 is 0 Å². The molecule has 1 aliphatic heterocycles. The fourth-order valence-corrected chi connectivity index (χ4v) is 2.43. The van der Waals surface area contributed by atoms with Crippen molar-refractivity contribution >= 4 is 17.2 Å². The number of hydrogen-bond acceptors (Lipinski definition) is 4. The molecular formula is C17H13N3O. The van der Waals surface area contributed by atoms with Crippen LogP contribution in [0.2, 0.25) is 0 Å². The van der Waals surface area contributed by atoms with Gasteiger partial charge in [0.05, 0.1) is 11.7 Å². The summed E-state index contributed by atoms with van der Waals surface area (Å²) < 4.78 is 0. The lowest BCUT2D eigenvalue weighted by atomic mass is 9.97. The second kappa shape index (κ2) is 5.59. The summed E-state index contributed by atoms with van der Waals surface area (Å²) in [5.41, 5.74) is 1.84. The molecule has 0 fully saturated rings. The van der Waals surface area contributed by atoms with E-state index < -0.39 is 0 Å². The molecule has 1 heterocycles. The number of hydrogen-bond donors (Lipinski definition) is 0. The molecule has 3 rings (SSSR count). The monoisotopic (exact) mass is 275 g/mol. The number of Topliss-reactive ketones (excluding diaryl/α,β-unsaturated/α-hetero) is 1. The van der Waals surface area contributed by atoms with E-state index in [0.717, 1.165) is 11.3 Å². The van der Waals surface area contributed by atoms with Crippen molar-refractivity contribution < 1.29 is 4.79 Å². The van der Waals surface area contributed by atoms with Crippen molar-refractivity contribution in [1.82, 2.24) is 0 Å². The maximum absolute atomic E-state index is 12.0. The van der Waals surface area contributed by atoms with Crippen LogP contribution in [-0.2, 0) is 4.79 Å². The van der Waals surface area contributed by atoms with E-state index in [-0.39, 0.29) is 24.0 Å². The average molecular weight is 275 g/mol. The number of nitriles is 1. The molecule has 4 heteroatoms. The van der Waals surface area contributed by atoms with Gasteiger partial charge in [-0.1, -0.05) is 48.5 Å². The molecule has 0 aliphatic carbocycles. The molecule has 1 atom stereocenters. The highest BCUT2D eigenvalue weighted by Crippen LogP contribution is 2.33. The van der Waals surface area contributed by atoms with Crippen molar-refractivity contribution in [3.63, 3.8) is 0 Å². The van der Waals surface area contributed by atoms with Crippen LogP contribution in [-0.4, -0.2) is 11.5 Å². The van der Waals surface area contributed by atoms with E-state index in [0.29, 0.717) is 0 Å². The summed E-state index contributed by atoms with van der Waals surface area (Å²) in [6.45, 7) is 0. The Bertz CT molecular complexity index is 717. The Morgan fingerprint density at radius 1 is 1.05 bits per heavy atom. The van der Waals surface area contributed by atoms with Gasteiger partial charge in [0.1, 0.15) is 6.07 Å². The molecular weight excluding hydrogens is 262 g/mol. The fraction of sp³-hybridized carbons (Fsp3) is 0.118. The van der Waals surface area contributed by atoms with Gasteiger partial charge in [0.15, 0.2) is 5.78 Å². The second-order valence-electron chi connectivity index (χ2n) is 4.79. The van der Waals surface area contributed by atoms with Gasteiger partial charge < -0.3 is 0 Å². The van der Waals surface area contributed by atoms with Crippen molar-refractivity contribution in [1.29, 1.82) is 5.26 Å². The first-order chi connectivity index (χ1) is 10.3. The Hall–Kier alpha value is -2.93. The number of rotatable bonds is 2. The topological polar surface area (TPSA) is 56.5 Å². The van der Waals surface area contributed by atoms with Gasteiger partial charge in [-0.2, -0.15) is 10.4 Å². The Kier molecular flexibility index (Phi) is 3.48. The van der Waals surface area contributed by atoms with E-state index in [9.17, 15) is 4.79 Å². The summed E-state index contributed by atoms with van der Waals surface area (Å²) in [4.78, 5) is 12.0. The van der Waals surface area contributed by atoms with Crippen molar-refractivity contribution in [2.24, 2.45) is 5.10 Å². The highest BCUT2D eigenvalue weighted by molar-refractivity contribution is 6.46. The van der Waals surface area contributed by atoms with Crippen LogP contribution in [0, 0.1) is 11.3 Å². The van der Waals surface area contributed by atoms with Crippen molar-refractivity contribution in [3.05, 3.63) is 66.2 Å². The van der Waals surface area contributed by atoms with Gasteiger partial charge >= 0.3 is 0 Å². The van der Waals surface area contributed by atoms with Gasteiger partial charge in [0, 0.05) is 6.42 Å². The predicted molar refractivity (Wildman–Crippen MR) is 80.8 cm³/mol. The first kappa shape index (κ1) is 13.1. The zero-order chi connectivity index (χ0) is 14.7. The highest BCUT2D eigenvalue weighted by Gasteiger charge is 2.31. The van der Waals surface area contributed by atoms with Crippen LogP contribution < -0.4 is 5.01 Å². The molecule has 0 aromatic heterocycles. The van der Waals surface area contributed by atoms with Crippen LogP contribution in [0.5, 0.6) is 0 Å². The van der Waals surface area contributed by atoms with E-state index in [2.05, 4.69) is 5.10 Å². The van der Waals surface area contributed by atoms with Crippen LogP contribution in [0.1, 0.15) is 18.0 Å².